The number of carbonyl (C=O) groups excluding carboxylic acids is 1. The average Bonchev–Trinajstić information content (AvgIpc) is 2.53. The Kier molecular flexibility index (Phi) is 6.07. The van der Waals surface area contributed by atoms with Gasteiger partial charge in [-0.05, 0) is 62.1 Å². The quantitative estimate of drug-likeness (QED) is 0.789. The number of carbonyl (C=O) groups is 1. The molecule has 0 saturated heterocycles. The smallest absolute Gasteiger partial charge is 0.255 e. The maximum absolute atomic E-state index is 12.8. The van der Waals surface area contributed by atoms with Gasteiger partial charge in [-0.15, -0.1) is 0 Å². The number of rotatable bonds is 6. The van der Waals surface area contributed by atoms with E-state index in [1.165, 1.54) is 0 Å². The molecular weight excluding hydrogens is 314 g/mol. The van der Waals surface area contributed by atoms with Crippen LogP contribution in [0.25, 0.3) is 0 Å². The van der Waals surface area contributed by atoms with Crippen LogP contribution in [0.1, 0.15) is 55.1 Å². The number of methoxy groups -OCH3 is 1. The van der Waals surface area contributed by atoms with Gasteiger partial charge in [0.05, 0.1) is 13.2 Å². The molecule has 25 heavy (non-hydrogen) atoms. The molecule has 0 unspecified atom stereocenters. The molecule has 134 valence electrons. The largest absolute Gasteiger partial charge is 0.496 e. The summed E-state index contributed by atoms with van der Waals surface area (Å²) in [7, 11) is 1.65. The van der Waals surface area contributed by atoms with Gasteiger partial charge >= 0.3 is 0 Å². The van der Waals surface area contributed by atoms with Crippen molar-refractivity contribution in [1.82, 2.24) is 0 Å². The first-order chi connectivity index (χ1) is 11.8. The van der Waals surface area contributed by atoms with E-state index in [-0.39, 0.29) is 17.9 Å². The van der Waals surface area contributed by atoms with Gasteiger partial charge < -0.3 is 14.8 Å². The van der Waals surface area contributed by atoms with Crippen molar-refractivity contribution in [2.24, 2.45) is 0 Å². The number of anilines is 1. The van der Waals surface area contributed by atoms with Gasteiger partial charge in [0.15, 0.2) is 0 Å². The zero-order valence-electron chi connectivity index (χ0n) is 15.8. The molecule has 0 radical (unpaired) electrons. The minimum Gasteiger partial charge on any atom is -0.496 e. The van der Waals surface area contributed by atoms with Crippen molar-refractivity contribution >= 4 is 11.6 Å². The molecule has 2 rings (SSSR count). The van der Waals surface area contributed by atoms with Gasteiger partial charge in [0.25, 0.3) is 5.91 Å². The molecule has 2 aromatic carbocycles. The van der Waals surface area contributed by atoms with Crippen LogP contribution in [0.2, 0.25) is 0 Å². The summed E-state index contributed by atoms with van der Waals surface area (Å²) in [5, 5.41) is 2.96. The van der Waals surface area contributed by atoms with E-state index in [0.717, 1.165) is 22.6 Å². The highest BCUT2D eigenvalue weighted by molar-refractivity contribution is 6.05. The molecule has 0 saturated carbocycles. The Morgan fingerprint density at radius 3 is 2.40 bits per heavy atom. The summed E-state index contributed by atoms with van der Waals surface area (Å²) >= 11 is 0. The minimum atomic E-state index is -0.135. The predicted octanol–water partition coefficient (Wildman–Crippen LogP) is 5.17. The van der Waals surface area contributed by atoms with Crippen LogP contribution in [0.4, 0.5) is 5.69 Å². The highest BCUT2D eigenvalue weighted by Gasteiger charge is 2.16. The van der Waals surface area contributed by atoms with Crippen molar-refractivity contribution in [2.75, 3.05) is 12.4 Å². The molecule has 1 N–H and O–H groups in total. The molecule has 0 spiro atoms. The Bertz CT molecular complexity index is 751. The van der Waals surface area contributed by atoms with Crippen molar-refractivity contribution in [3.05, 3.63) is 53.1 Å². The SMILES string of the molecule is COc1cc(C)c(C(=O)Nc2cccc(OC(C)C)c2)cc1C(C)C. The van der Waals surface area contributed by atoms with Crippen molar-refractivity contribution < 1.29 is 14.3 Å². The normalized spacial score (nSPS) is 10.9. The van der Waals surface area contributed by atoms with Crippen LogP contribution >= 0.6 is 0 Å². The molecule has 0 bridgehead atoms. The third-order valence-electron chi connectivity index (χ3n) is 3.91. The fraction of sp³-hybridized carbons (Fsp3) is 0.381. The van der Waals surface area contributed by atoms with E-state index in [1.807, 2.05) is 57.2 Å². The van der Waals surface area contributed by atoms with E-state index in [1.54, 1.807) is 7.11 Å². The first kappa shape index (κ1) is 18.8. The van der Waals surface area contributed by atoms with Crippen molar-refractivity contribution in [3.63, 3.8) is 0 Å². The summed E-state index contributed by atoms with van der Waals surface area (Å²) in [5.74, 6) is 1.69. The van der Waals surface area contributed by atoms with Gasteiger partial charge in [0.2, 0.25) is 0 Å². The van der Waals surface area contributed by atoms with Gasteiger partial charge in [-0.2, -0.15) is 0 Å². The van der Waals surface area contributed by atoms with Crippen molar-refractivity contribution in [1.29, 1.82) is 0 Å². The summed E-state index contributed by atoms with van der Waals surface area (Å²) in [6, 6.07) is 11.3. The number of ether oxygens (including phenoxy) is 2. The molecule has 4 heteroatoms. The van der Waals surface area contributed by atoms with Gasteiger partial charge in [-0.25, -0.2) is 0 Å². The number of hydrogen-bond donors (Lipinski definition) is 1. The summed E-state index contributed by atoms with van der Waals surface area (Å²) in [6.07, 6.45) is 0.0865. The second kappa shape index (κ2) is 8.06. The van der Waals surface area contributed by atoms with Crippen LogP contribution in [0.5, 0.6) is 11.5 Å². The second-order valence-corrected chi connectivity index (χ2v) is 6.71. The molecule has 0 aliphatic heterocycles. The van der Waals surface area contributed by atoms with E-state index in [2.05, 4.69) is 19.2 Å². The Morgan fingerprint density at radius 2 is 1.80 bits per heavy atom. The van der Waals surface area contributed by atoms with Crippen molar-refractivity contribution in [2.45, 2.75) is 46.6 Å². The first-order valence-corrected chi connectivity index (χ1v) is 8.58. The molecule has 1 amide bonds. The number of amides is 1. The van der Waals surface area contributed by atoms with Crippen LogP contribution in [0.15, 0.2) is 36.4 Å². The first-order valence-electron chi connectivity index (χ1n) is 8.58. The maximum Gasteiger partial charge on any atom is 0.255 e. The van der Waals surface area contributed by atoms with Gasteiger partial charge in [-0.3, -0.25) is 4.79 Å². The zero-order valence-corrected chi connectivity index (χ0v) is 15.8. The molecule has 4 nitrogen and oxygen atoms in total. The number of aryl methyl sites for hydroxylation is 1. The van der Waals surface area contributed by atoms with Gasteiger partial charge in [0, 0.05) is 17.3 Å². The summed E-state index contributed by atoms with van der Waals surface area (Å²) in [6.45, 7) is 10.0. The molecule has 0 heterocycles. The molecule has 0 fully saturated rings. The summed E-state index contributed by atoms with van der Waals surface area (Å²) in [5.41, 5.74) is 3.27. The maximum atomic E-state index is 12.8. The molecule has 0 aliphatic carbocycles. The average molecular weight is 341 g/mol. The Morgan fingerprint density at radius 1 is 1.08 bits per heavy atom. The molecule has 0 aromatic heterocycles. The summed E-state index contributed by atoms with van der Waals surface area (Å²) in [4.78, 5) is 12.8. The van der Waals surface area contributed by atoms with E-state index in [0.29, 0.717) is 11.3 Å². The lowest BCUT2D eigenvalue weighted by Gasteiger charge is -2.16. The molecule has 2 aromatic rings. The highest BCUT2D eigenvalue weighted by Crippen LogP contribution is 2.30. The Balaban J connectivity index is 2.28. The van der Waals surface area contributed by atoms with Crippen LogP contribution in [-0.2, 0) is 0 Å². The topological polar surface area (TPSA) is 47.6 Å². The molecule has 0 atom stereocenters. The molecular formula is C21H27NO3. The Hall–Kier alpha value is -2.49. The van der Waals surface area contributed by atoms with E-state index >= 15 is 0 Å². The minimum absolute atomic E-state index is 0.0865. The summed E-state index contributed by atoms with van der Waals surface area (Å²) < 4.78 is 11.1. The fourth-order valence-electron chi connectivity index (χ4n) is 2.69. The lowest BCUT2D eigenvalue weighted by atomic mass is 9.96. The zero-order chi connectivity index (χ0) is 18.6. The van der Waals surface area contributed by atoms with E-state index in [9.17, 15) is 4.79 Å². The van der Waals surface area contributed by atoms with Crippen molar-refractivity contribution in [3.8, 4) is 11.5 Å². The van der Waals surface area contributed by atoms with Crippen LogP contribution in [0, 0.1) is 6.92 Å². The molecule has 0 aliphatic rings. The van der Waals surface area contributed by atoms with E-state index < -0.39 is 0 Å². The van der Waals surface area contributed by atoms with Crippen LogP contribution in [-0.4, -0.2) is 19.1 Å². The monoisotopic (exact) mass is 341 g/mol. The lowest BCUT2D eigenvalue weighted by molar-refractivity contribution is 0.102. The number of hydrogen-bond acceptors (Lipinski definition) is 3. The Labute approximate surface area is 150 Å². The second-order valence-electron chi connectivity index (χ2n) is 6.71. The standard InChI is InChI=1S/C21H27NO3/c1-13(2)18-12-19(15(5)10-20(18)24-6)21(23)22-16-8-7-9-17(11-16)25-14(3)4/h7-14H,1-6H3,(H,22,23). The lowest BCUT2D eigenvalue weighted by Crippen LogP contribution is -2.15. The fourth-order valence-corrected chi connectivity index (χ4v) is 2.69. The van der Waals surface area contributed by atoms with Crippen LogP contribution in [0.3, 0.4) is 0 Å². The van der Waals surface area contributed by atoms with Crippen LogP contribution < -0.4 is 14.8 Å². The third-order valence-corrected chi connectivity index (χ3v) is 3.91. The van der Waals surface area contributed by atoms with Gasteiger partial charge in [0.1, 0.15) is 11.5 Å². The predicted molar refractivity (Wildman–Crippen MR) is 102 cm³/mol. The van der Waals surface area contributed by atoms with E-state index in [4.69, 9.17) is 9.47 Å². The third kappa shape index (κ3) is 4.75. The number of nitrogens with one attached hydrogen (secondary N) is 1. The number of benzene rings is 2. The highest BCUT2D eigenvalue weighted by atomic mass is 16.5. The van der Waals surface area contributed by atoms with Gasteiger partial charge in [-0.1, -0.05) is 19.9 Å².